The zero-order valence-corrected chi connectivity index (χ0v) is 15.1. The van der Waals surface area contributed by atoms with Crippen LogP contribution in [0.4, 0.5) is 0 Å². The molecule has 128 valence electrons. The van der Waals surface area contributed by atoms with Crippen LogP contribution in [0, 0.1) is 0 Å². The Labute approximate surface area is 150 Å². The molecule has 1 amide bonds. The largest absolute Gasteiger partial charge is 0.486 e. The summed E-state index contributed by atoms with van der Waals surface area (Å²) in [6, 6.07) is 7.58. The Bertz CT molecular complexity index is 689. The van der Waals surface area contributed by atoms with Gasteiger partial charge in [-0.1, -0.05) is 11.6 Å². The molecule has 3 rings (SSSR count). The third-order valence-electron chi connectivity index (χ3n) is 3.83. The Kier molecular flexibility index (Phi) is 5.71. The second kappa shape index (κ2) is 7.96. The summed E-state index contributed by atoms with van der Waals surface area (Å²) in [4.78, 5) is 18.8. The summed E-state index contributed by atoms with van der Waals surface area (Å²) in [7, 11) is 0. The van der Waals surface area contributed by atoms with E-state index in [1.807, 2.05) is 22.4 Å². The van der Waals surface area contributed by atoms with E-state index in [1.54, 1.807) is 12.1 Å². The smallest absolute Gasteiger partial charge is 0.228 e. The summed E-state index contributed by atoms with van der Waals surface area (Å²) in [6.45, 7) is 4.86. The molecule has 7 heteroatoms. The van der Waals surface area contributed by atoms with E-state index in [0.717, 1.165) is 36.1 Å². The lowest BCUT2D eigenvalue weighted by Gasteiger charge is -2.31. The maximum atomic E-state index is 12.4. The standard InChI is InChI=1S/C17H20ClN3O2S/c1-12-9-21(7-6-19-12)17(22)8-14-11-24-16(20-14)10-23-15-4-2-13(18)3-5-15/h2-5,11-12,19H,6-10H2,1H3. The highest BCUT2D eigenvalue weighted by molar-refractivity contribution is 7.09. The minimum absolute atomic E-state index is 0.138. The second-order valence-corrected chi connectivity index (χ2v) is 7.23. The fourth-order valence-corrected chi connectivity index (χ4v) is 3.43. The van der Waals surface area contributed by atoms with Crippen molar-refractivity contribution in [3.05, 3.63) is 45.4 Å². The number of hydrogen-bond acceptors (Lipinski definition) is 5. The number of benzene rings is 1. The molecule has 1 aromatic heterocycles. The normalized spacial score (nSPS) is 17.8. The van der Waals surface area contributed by atoms with Crippen molar-refractivity contribution in [2.75, 3.05) is 19.6 Å². The molecule has 2 heterocycles. The lowest BCUT2D eigenvalue weighted by atomic mass is 10.2. The molecule has 1 aliphatic heterocycles. The Morgan fingerprint density at radius 3 is 3.00 bits per heavy atom. The maximum absolute atomic E-state index is 12.4. The molecule has 0 bridgehead atoms. The van der Waals surface area contributed by atoms with Crippen LogP contribution in [0.1, 0.15) is 17.6 Å². The first-order valence-electron chi connectivity index (χ1n) is 7.93. The highest BCUT2D eigenvalue weighted by atomic mass is 35.5. The average Bonchev–Trinajstić information content (AvgIpc) is 3.02. The summed E-state index contributed by atoms with van der Waals surface area (Å²) in [5.74, 6) is 0.890. The average molecular weight is 366 g/mol. The summed E-state index contributed by atoms with van der Waals surface area (Å²) >= 11 is 7.36. The van der Waals surface area contributed by atoms with Crippen LogP contribution in [0.2, 0.25) is 5.02 Å². The van der Waals surface area contributed by atoms with Gasteiger partial charge in [-0.3, -0.25) is 4.79 Å². The van der Waals surface area contributed by atoms with E-state index >= 15 is 0 Å². The van der Waals surface area contributed by atoms with Gasteiger partial charge in [0.1, 0.15) is 17.4 Å². The summed E-state index contributed by atoms with van der Waals surface area (Å²) in [5.41, 5.74) is 0.811. The van der Waals surface area contributed by atoms with Crippen molar-refractivity contribution in [3.63, 3.8) is 0 Å². The molecule has 1 saturated heterocycles. The van der Waals surface area contributed by atoms with Gasteiger partial charge in [-0.2, -0.15) is 0 Å². The van der Waals surface area contributed by atoms with Crippen LogP contribution in [0.5, 0.6) is 5.75 Å². The quantitative estimate of drug-likeness (QED) is 0.885. The molecule has 1 atom stereocenters. The first-order valence-corrected chi connectivity index (χ1v) is 9.19. The first kappa shape index (κ1) is 17.2. The van der Waals surface area contributed by atoms with Crippen molar-refractivity contribution in [1.29, 1.82) is 0 Å². The van der Waals surface area contributed by atoms with E-state index in [9.17, 15) is 4.79 Å². The highest BCUT2D eigenvalue weighted by Crippen LogP contribution is 2.18. The van der Waals surface area contributed by atoms with Crippen molar-refractivity contribution in [1.82, 2.24) is 15.2 Å². The van der Waals surface area contributed by atoms with Gasteiger partial charge >= 0.3 is 0 Å². The van der Waals surface area contributed by atoms with E-state index in [4.69, 9.17) is 16.3 Å². The minimum Gasteiger partial charge on any atom is -0.486 e. The van der Waals surface area contributed by atoms with Gasteiger partial charge in [0.15, 0.2) is 0 Å². The molecule has 1 unspecified atom stereocenters. The molecule has 1 fully saturated rings. The fraction of sp³-hybridized carbons (Fsp3) is 0.412. The number of rotatable bonds is 5. The van der Waals surface area contributed by atoms with E-state index in [-0.39, 0.29) is 5.91 Å². The number of thiazole rings is 1. The number of hydrogen-bond donors (Lipinski definition) is 1. The Balaban J connectivity index is 1.51. The molecule has 2 aromatic rings. The van der Waals surface area contributed by atoms with Gasteiger partial charge in [0, 0.05) is 36.1 Å². The number of nitrogens with zero attached hydrogens (tertiary/aromatic N) is 2. The molecular formula is C17H20ClN3O2S. The minimum atomic E-state index is 0.138. The molecule has 5 nitrogen and oxygen atoms in total. The van der Waals surface area contributed by atoms with Crippen molar-refractivity contribution in [2.45, 2.75) is 26.0 Å². The van der Waals surface area contributed by atoms with Crippen molar-refractivity contribution >= 4 is 28.8 Å². The molecule has 0 aliphatic carbocycles. The third kappa shape index (κ3) is 4.69. The lowest BCUT2D eigenvalue weighted by molar-refractivity contribution is -0.131. The third-order valence-corrected chi connectivity index (χ3v) is 4.95. The van der Waals surface area contributed by atoms with Gasteiger partial charge in [0.25, 0.3) is 0 Å². The van der Waals surface area contributed by atoms with Crippen LogP contribution in [-0.4, -0.2) is 41.5 Å². The number of carbonyl (C=O) groups excluding carboxylic acids is 1. The Morgan fingerprint density at radius 1 is 1.46 bits per heavy atom. The van der Waals surface area contributed by atoms with Gasteiger partial charge < -0.3 is 15.0 Å². The number of piperazine rings is 1. The van der Waals surface area contributed by atoms with E-state index in [1.165, 1.54) is 11.3 Å². The van der Waals surface area contributed by atoms with Crippen LogP contribution in [0.3, 0.4) is 0 Å². The number of nitrogens with one attached hydrogen (secondary N) is 1. The van der Waals surface area contributed by atoms with Gasteiger partial charge in [-0.05, 0) is 31.2 Å². The second-order valence-electron chi connectivity index (χ2n) is 5.85. The monoisotopic (exact) mass is 365 g/mol. The van der Waals surface area contributed by atoms with Crippen LogP contribution >= 0.6 is 22.9 Å². The van der Waals surface area contributed by atoms with Gasteiger partial charge in [0.05, 0.1) is 12.1 Å². The van der Waals surface area contributed by atoms with Crippen molar-refractivity contribution < 1.29 is 9.53 Å². The van der Waals surface area contributed by atoms with E-state index < -0.39 is 0 Å². The van der Waals surface area contributed by atoms with E-state index in [0.29, 0.717) is 24.1 Å². The van der Waals surface area contributed by atoms with Crippen LogP contribution in [0.25, 0.3) is 0 Å². The van der Waals surface area contributed by atoms with Gasteiger partial charge in [-0.25, -0.2) is 4.98 Å². The zero-order valence-electron chi connectivity index (χ0n) is 13.5. The number of aromatic nitrogens is 1. The molecule has 24 heavy (non-hydrogen) atoms. The Morgan fingerprint density at radius 2 is 2.25 bits per heavy atom. The van der Waals surface area contributed by atoms with Gasteiger partial charge in [0.2, 0.25) is 5.91 Å². The van der Waals surface area contributed by atoms with Crippen LogP contribution in [-0.2, 0) is 17.8 Å². The zero-order chi connectivity index (χ0) is 16.9. The molecule has 0 saturated carbocycles. The maximum Gasteiger partial charge on any atom is 0.228 e. The van der Waals surface area contributed by atoms with Crippen molar-refractivity contribution in [2.24, 2.45) is 0 Å². The molecule has 0 radical (unpaired) electrons. The molecular weight excluding hydrogens is 346 g/mol. The first-order chi connectivity index (χ1) is 11.6. The number of ether oxygens (including phenoxy) is 1. The van der Waals surface area contributed by atoms with Crippen LogP contribution in [0.15, 0.2) is 29.6 Å². The number of amides is 1. The van der Waals surface area contributed by atoms with E-state index in [2.05, 4.69) is 17.2 Å². The SMILES string of the molecule is CC1CN(C(=O)Cc2csc(COc3ccc(Cl)cc3)n2)CCN1. The van der Waals surface area contributed by atoms with Crippen molar-refractivity contribution in [3.8, 4) is 5.75 Å². The lowest BCUT2D eigenvalue weighted by Crippen LogP contribution is -2.51. The fourth-order valence-electron chi connectivity index (χ4n) is 2.60. The summed E-state index contributed by atoms with van der Waals surface area (Å²) < 4.78 is 5.68. The predicted octanol–water partition coefficient (Wildman–Crippen LogP) is 2.74. The highest BCUT2D eigenvalue weighted by Gasteiger charge is 2.21. The van der Waals surface area contributed by atoms with Crippen LogP contribution < -0.4 is 10.1 Å². The Hall–Kier alpha value is -1.63. The molecule has 1 aliphatic rings. The summed E-state index contributed by atoms with van der Waals surface area (Å²) in [5, 5.41) is 6.82. The van der Waals surface area contributed by atoms with Gasteiger partial charge in [-0.15, -0.1) is 11.3 Å². The number of carbonyl (C=O) groups is 1. The molecule has 1 N–H and O–H groups in total. The molecule has 0 spiro atoms. The summed E-state index contributed by atoms with van der Waals surface area (Å²) in [6.07, 6.45) is 0.351. The number of halogens is 1. The predicted molar refractivity (Wildman–Crippen MR) is 95.6 cm³/mol. The molecule has 1 aromatic carbocycles. The topological polar surface area (TPSA) is 54.5 Å².